The van der Waals surface area contributed by atoms with Gasteiger partial charge in [-0.2, -0.15) is 5.10 Å². The van der Waals surface area contributed by atoms with Gasteiger partial charge in [0, 0.05) is 36.8 Å². The molecular formula is C18H19N5O3S. The number of hydrogen-bond donors (Lipinski definition) is 2. The van der Waals surface area contributed by atoms with E-state index in [0.717, 1.165) is 12.0 Å². The van der Waals surface area contributed by atoms with Gasteiger partial charge >= 0.3 is 0 Å². The number of sulfonamides is 1. The quantitative estimate of drug-likeness (QED) is 0.644. The Bertz CT molecular complexity index is 1010. The molecule has 2 aromatic heterocycles. The van der Waals surface area contributed by atoms with Crippen LogP contribution in [0, 0.1) is 0 Å². The van der Waals surface area contributed by atoms with Gasteiger partial charge in [0.05, 0.1) is 4.90 Å². The highest BCUT2D eigenvalue weighted by Crippen LogP contribution is 2.12. The van der Waals surface area contributed by atoms with Crippen molar-refractivity contribution in [1.29, 1.82) is 0 Å². The molecule has 0 fully saturated rings. The highest BCUT2D eigenvalue weighted by molar-refractivity contribution is 7.89. The lowest BCUT2D eigenvalue weighted by atomic mass is 10.2. The smallest absolute Gasteiger partial charge is 0.256 e. The van der Waals surface area contributed by atoms with Crippen molar-refractivity contribution in [3.8, 4) is 0 Å². The minimum absolute atomic E-state index is 0.0990. The minimum atomic E-state index is -3.53. The van der Waals surface area contributed by atoms with Crippen LogP contribution in [0.15, 0.2) is 66.0 Å². The lowest BCUT2D eigenvalue weighted by molar-refractivity contribution is 0.102. The Labute approximate surface area is 157 Å². The predicted octanol–water partition coefficient (Wildman–Crippen LogP) is 1.68. The predicted molar refractivity (Wildman–Crippen MR) is 101 cm³/mol. The van der Waals surface area contributed by atoms with Gasteiger partial charge in [-0.15, -0.1) is 0 Å². The van der Waals surface area contributed by atoms with Gasteiger partial charge in [-0.3, -0.25) is 14.5 Å². The molecule has 0 bridgehead atoms. The van der Waals surface area contributed by atoms with Crippen LogP contribution in [0.2, 0.25) is 0 Å². The number of nitrogens with one attached hydrogen (secondary N) is 2. The molecule has 0 saturated carbocycles. The fourth-order valence-electron chi connectivity index (χ4n) is 2.44. The fraction of sp³-hybridized carbons (Fsp3) is 0.167. The zero-order chi connectivity index (χ0) is 19.3. The van der Waals surface area contributed by atoms with Crippen molar-refractivity contribution in [2.24, 2.45) is 0 Å². The second-order valence-corrected chi connectivity index (χ2v) is 7.64. The van der Waals surface area contributed by atoms with E-state index in [2.05, 4.69) is 20.1 Å². The van der Waals surface area contributed by atoms with Crippen LogP contribution in [0.1, 0.15) is 15.9 Å². The summed E-state index contributed by atoms with van der Waals surface area (Å²) in [6.07, 6.45) is 6.09. The summed E-state index contributed by atoms with van der Waals surface area (Å²) >= 11 is 0. The third-order valence-corrected chi connectivity index (χ3v) is 5.39. The zero-order valence-corrected chi connectivity index (χ0v) is 15.5. The molecule has 0 aliphatic heterocycles. The first kappa shape index (κ1) is 18.7. The normalized spacial score (nSPS) is 11.3. The highest BCUT2D eigenvalue weighted by atomic mass is 32.2. The standard InChI is InChI=1S/C18H19N5O3S/c1-19-27(25,26)16-4-2-15(3-5-16)18(24)21-17-9-13-23(22-17)12-8-14-6-10-20-11-7-14/h2-7,9-11,13,19H,8,12H2,1H3,(H,21,22,24). The summed E-state index contributed by atoms with van der Waals surface area (Å²) in [5.74, 6) is 0.0736. The highest BCUT2D eigenvalue weighted by Gasteiger charge is 2.13. The van der Waals surface area contributed by atoms with Crippen molar-refractivity contribution >= 4 is 21.7 Å². The average molecular weight is 385 g/mol. The molecule has 3 rings (SSSR count). The van der Waals surface area contributed by atoms with Crippen LogP contribution >= 0.6 is 0 Å². The summed E-state index contributed by atoms with van der Waals surface area (Å²) in [7, 11) is -2.19. The van der Waals surface area contributed by atoms with Crippen molar-refractivity contribution in [3.05, 3.63) is 72.2 Å². The molecule has 0 unspecified atom stereocenters. The zero-order valence-electron chi connectivity index (χ0n) is 14.7. The van der Waals surface area contributed by atoms with Crippen LogP contribution in [0.4, 0.5) is 5.82 Å². The second kappa shape index (κ2) is 8.11. The van der Waals surface area contributed by atoms with Crippen molar-refractivity contribution < 1.29 is 13.2 Å². The Balaban J connectivity index is 1.60. The van der Waals surface area contributed by atoms with E-state index in [-0.39, 0.29) is 10.8 Å². The van der Waals surface area contributed by atoms with Gasteiger partial charge in [0.25, 0.3) is 5.91 Å². The maximum absolute atomic E-state index is 12.3. The number of hydrogen-bond acceptors (Lipinski definition) is 5. The van der Waals surface area contributed by atoms with Crippen LogP contribution in [-0.4, -0.2) is 36.1 Å². The van der Waals surface area contributed by atoms with Crippen LogP contribution in [0.3, 0.4) is 0 Å². The maximum atomic E-state index is 12.3. The summed E-state index contributed by atoms with van der Waals surface area (Å²) < 4.78 is 27.4. The molecule has 2 heterocycles. The summed E-state index contributed by atoms with van der Waals surface area (Å²) in [6, 6.07) is 11.3. The lowest BCUT2D eigenvalue weighted by Crippen LogP contribution is -2.19. The summed E-state index contributed by atoms with van der Waals surface area (Å²) in [5, 5.41) is 7.03. The third kappa shape index (κ3) is 4.78. The molecule has 0 aliphatic carbocycles. The number of aromatic nitrogens is 3. The monoisotopic (exact) mass is 385 g/mol. The van der Waals surface area contributed by atoms with Gasteiger partial charge < -0.3 is 5.32 Å². The SMILES string of the molecule is CNS(=O)(=O)c1ccc(C(=O)Nc2ccn(CCc3ccncc3)n2)cc1. The number of carbonyl (C=O) groups is 1. The van der Waals surface area contributed by atoms with E-state index in [1.54, 1.807) is 29.3 Å². The van der Waals surface area contributed by atoms with Gasteiger partial charge in [0.2, 0.25) is 10.0 Å². The third-order valence-electron chi connectivity index (χ3n) is 3.96. The first-order valence-corrected chi connectivity index (χ1v) is 9.73. The van der Waals surface area contributed by atoms with Crippen LogP contribution in [-0.2, 0) is 23.0 Å². The molecule has 140 valence electrons. The Kier molecular flexibility index (Phi) is 5.63. The molecule has 0 spiro atoms. The number of rotatable bonds is 7. The number of nitrogens with zero attached hydrogens (tertiary/aromatic N) is 3. The molecule has 1 amide bonds. The van der Waals surface area contributed by atoms with E-state index in [1.165, 1.54) is 31.3 Å². The number of amides is 1. The Morgan fingerprint density at radius 2 is 1.78 bits per heavy atom. The van der Waals surface area contributed by atoms with Gasteiger partial charge in [0.1, 0.15) is 0 Å². The molecule has 27 heavy (non-hydrogen) atoms. The van der Waals surface area contributed by atoms with Gasteiger partial charge in [-0.25, -0.2) is 13.1 Å². The summed E-state index contributed by atoms with van der Waals surface area (Å²) in [4.78, 5) is 16.4. The summed E-state index contributed by atoms with van der Waals surface area (Å²) in [5.41, 5.74) is 1.50. The van der Waals surface area contributed by atoms with Crippen molar-refractivity contribution in [3.63, 3.8) is 0 Å². The molecular weight excluding hydrogens is 366 g/mol. The van der Waals surface area contributed by atoms with E-state index in [0.29, 0.717) is 17.9 Å². The molecule has 2 N–H and O–H groups in total. The van der Waals surface area contributed by atoms with Crippen molar-refractivity contribution in [2.45, 2.75) is 17.9 Å². The van der Waals surface area contributed by atoms with Crippen LogP contribution in [0.25, 0.3) is 0 Å². The van der Waals surface area contributed by atoms with E-state index in [9.17, 15) is 13.2 Å². The first-order valence-electron chi connectivity index (χ1n) is 8.25. The maximum Gasteiger partial charge on any atom is 0.256 e. The Morgan fingerprint density at radius 3 is 2.44 bits per heavy atom. The van der Waals surface area contributed by atoms with E-state index >= 15 is 0 Å². The Hall–Kier alpha value is -3.04. The minimum Gasteiger partial charge on any atom is -0.305 e. The molecule has 0 atom stereocenters. The second-order valence-electron chi connectivity index (χ2n) is 5.76. The number of aryl methyl sites for hydroxylation is 2. The number of pyridine rings is 1. The lowest BCUT2D eigenvalue weighted by Gasteiger charge is -2.05. The molecule has 1 aromatic carbocycles. The molecule has 9 heteroatoms. The molecule has 0 aliphatic rings. The molecule has 0 radical (unpaired) electrons. The van der Waals surface area contributed by atoms with E-state index in [4.69, 9.17) is 0 Å². The van der Waals surface area contributed by atoms with E-state index < -0.39 is 10.0 Å². The van der Waals surface area contributed by atoms with Crippen LogP contribution < -0.4 is 10.0 Å². The van der Waals surface area contributed by atoms with Crippen molar-refractivity contribution in [1.82, 2.24) is 19.5 Å². The van der Waals surface area contributed by atoms with Gasteiger partial charge in [0.15, 0.2) is 5.82 Å². The Morgan fingerprint density at radius 1 is 1.07 bits per heavy atom. The van der Waals surface area contributed by atoms with Crippen LogP contribution in [0.5, 0.6) is 0 Å². The largest absolute Gasteiger partial charge is 0.305 e. The number of carbonyl (C=O) groups excluding carboxylic acids is 1. The molecule has 0 saturated heterocycles. The topological polar surface area (TPSA) is 106 Å². The van der Waals surface area contributed by atoms with Crippen molar-refractivity contribution in [2.75, 3.05) is 12.4 Å². The average Bonchev–Trinajstić information content (AvgIpc) is 3.14. The van der Waals surface area contributed by atoms with Gasteiger partial charge in [-0.1, -0.05) is 0 Å². The first-order chi connectivity index (χ1) is 13.0. The summed E-state index contributed by atoms with van der Waals surface area (Å²) in [6.45, 7) is 0.677. The number of anilines is 1. The number of benzene rings is 1. The fourth-order valence-corrected chi connectivity index (χ4v) is 3.17. The van der Waals surface area contributed by atoms with E-state index in [1.807, 2.05) is 12.1 Å². The van der Waals surface area contributed by atoms with Gasteiger partial charge in [-0.05, 0) is 55.4 Å². The molecule has 3 aromatic rings. The molecule has 8 nitrogen and oxygen atoms in total.